The van der Waals surface area contributed by atoms with Crippen molar-refractivity contribution in [3.8, 4) is 0 Å². The van der Waals surface area contributed by atoms with Crippen LogP contribution in [-0.2, 0) is 4.79 Å². The van der Waals surface area contributed by atoms with E-state index in [1.165, 1.54) is 5.56 Å². The first kappa shape index (κ1) is 20.1. The zero-order chi connectivity index (χ0) is 19.0. The third-order valence-electron chi connectivity index (χ3n) is 5.33. The number of hydrogen-bond donors (Lipinski definition) is 4. The minimum Gasteiger partial charge on any atom is -0.326 e. The summed E-state index contributed by atoms with van der Waals surface area (Å²) in [6.07, 6.45) is 0. The first-order chi connectivity index (χ1) is 13.0. The molecule has 1 fully saturated rings. The summed E-state index contributed by atoms with van der Waals surface area (Å²) in [6.45, 7) is 3.33. The lowest BCUT2D eigenvalue weighted by Gasteiger charge is -2.23. The number of hydrogen-bond acceptors (Lipinski definition) is 4. The number of anilines is 1. The molecule has 0 radical (unpaired) electrons. The molecule has 3 atom stereocenters. The van der Waals surface area contributed by atoms with Crippen molar-refractivity contribution in [2.45, 2.75) is 24.9 Å². The minimum atomic E-state index is -0.300. The second-order valence-electron chi connectivity index (χ2n) is 7.14. The van der Waals surface area contributed by atoms with Gasteiger partial charge in [-0.05, 0) is 30.7 Å². The number of benzene rings is 2. The molecule has 4 rings (SSSR count). The minimum absolute atomic E-state index is 0. The highest BCUT2D eigenvalue weighted by Gasteiger charge is 2.35. The number of rotatable bonds is 4. The molecule has 0 spiro atoms. The molecule has 1 aliphatic heterocycles. The fourth-order valence-corrected chi connectivity index (χ4v) is 3.75. The number of imidazole rings is 1. The molecule has 1 aromatic heterocycles. The number of nitrogens with zero attached hydrogens (tertiary/aromatic N) is 1. The number of likely N-dealkylation sites (tertiary alicyclic amines) is 1. The van der Waals surface area contributed by atoms with E-state index in [1.807, 2.05) is 25.1 Å². The Morgan fingerprint density at radius 1 is 1.14 bits per heavy atom. The van der Waals surface area contributed by atoms with Crippen LogP contribution in [0.3, 0.4) is 0 Å². The van der Waals surface area contributed by atoms with Gasteiger partial charge in [-0.25, -0.2) is 4.79 Å². The molecule has 8 heteroatoms. The Morgan fingerprint density at radius 3 is 2.61 bits per heavy atom. The monoisotopic (exact) mass is 401 g/mol. The van der Waals surface area contributed by atoms with E-state index in [4.69, 9.17) is 5.73 Å². The second kappa shape index (κ2) is 8.18. The normalized spacial score (nSPS) is 20.6. The predicted octanol–water partition coefficient (Wildman–Crippen LogP) is 2.03. The van der Waals surface area contributed by atoms with E-state index < -0.39 is 0 Å². The first-order valence-corrected chi connectivity index (χ1v) is 9.09. The van der Waals surface area contributed by atoms with Crippen molar-refractivity contribution in [3.63, 3.8) is 0 Å². The summed E-state index contributed by atoms with van der Waals surface area (Å²) in [4.78, 5) is 31.6. The molecule has 5 N–H and O–H groups in total. The van der Waals surface area contributed by atoms with Crippen molar-refractivity contribution in [2.75, 3.05) is 18.4 Å². The number of nitrogens with two attached hydrogens (primary N) is 1. The Labute approximate surface area is 168 Å². The molecule has 148 valence electrons. The summed E-state index contributed by atoms with van der Waals surface area (Å²) >= 11 is 0. The maximum absolute atomic E-state index is 12.7. The second-order valence-corrected chi connectivity index (χ2v) is 7.14. The molecule has 1 unspecified atom stereocenters. The Hall–Kier alpha value is -2.61. The topological polar surface area (TPSA) is 107 Å². The van der Waals surface area contributed by atoms with Crippen molar-refractivity contribution in [3.05, 3.63) is 64.6 Å². The molecule has 2 heterocycles. The lowest BCUT2D eigenvalue weighted by Crippen LogP contribution is -2.41. The highest BCUT2D eigenvalue weighted by Crippen LogP contribution is 2.28. The van der Waals surface area contributed by atoms with Crippen molar-refractivity contribution >= 4 is 35.0 Å². The average Bonchev–Trinajstić information content (AvgIpc) is 3.23. The molecule has 2 aromatic carbocycles. The van der Waals surface area contributed by atoms with Gasteiger partial charge in [0.25, 0.3) is 0 Å². The molecule has 0 aliphatic carbocycles. The number of halogens is 1. The van der Waals surface area contributed by atoms with Crippen LogP contribution < -0.4 is 16.7 Å². The first-order valence-electron chi connectivity index (χ1n) is 9.09. The molecular formula is C20H24ClN5O2. The number of H-pyrrole nitrogens is 2. The van der Waals surface area contributed by atoms with Gasteiger partial charge in [-0.2, -0.15) is 0 Å². The van der Waals surface area contributed by atoms with Crippen molar-refractivity contribution < 1.29 is 4.79 Å². The van der Waals surface area contributed by atoms with Gasteiger partial charge in [0.1, 0.15) is 0 Å². The van der Waals surface area contributed by atoms with Gasteiger partial charge >= 0.3 is 5.69 Å². The van der Waals surface area contributed by atoms with Crippen LogP contribution in [0.4, 0.5) is 5.69 Å². The standard InChI is InChI=1S/C20H23N5O2.ClH/c1-12(25-10-15(16(21)11-25)13-5-3-2-4-6-13)19(26)22-14-7-8-17-18(9-14)24-20(27)23-17;/h2-9,12,15-16H,10-11,21H2,1H3,(H,22,26)(H2,23,24,27);1H/t12?,15-,16+;/m0./s1. The maximum atomic E-state index is 12.7. The van der Waals surface area contributed by atoms with Gasteiger partial charge in [0, 0.05) is 30.7 Å². The number of carbonyl (C=O) groups excluding carboxylic acids is 1. The molecule has 1 saturated heterocycles. The quantitative estimate of drug-likeness (QED) is 0.536. The molecule has 1 amide bonds. The van der Waals surface area contributed by atoms with Gasteiger partial charge in [0.2, 0.25) is 5.91 Å². The lowest BCUT2D eigenvalue weighted by atomic mass is 9.95. The SMILES string of the molecule is CC(C(=O)Nc1ccc2[nH]c(=O)[nH]c2c1)N1C[C@@H](N)[C@H](c2ccccc2)C1.Cl. The summed E-state index contributed by atoms with van der Waals surface area (Å²) in [5.41, 5.74) is 9.32. The summed E-state index contributed by atoms with van der Waals surface area (Å²) in [7, 11) is 0. The van der Waals surface area contributed by atoms with Crippen LogP contribution in [0, 0.1) is 0 Å². The van der Waals surface area contributed by atoms with E-state index in [2.05, 4.69) is 32.3 Å². The summed E-state index contributed by atoms with van der Waals surface area (Å²) in [5, 5.41) is 2.93. The van der Waals surface area contributed by atoms with Gasteiger partial charge in [0.15, 0.2) is 0 Å². The van der Waals surface area contributed by atoms with Crippen LogP contribution in [0.15, 0.2) is 53.3 Å². The Morgan fingerprint density at radius 2 is 1.86 bits per heavy atom. The molecule has 0 bridgehead atoms. The van der Waals surface area contributed by atoms with Crippen LogP contribution in [0.2, 0.25) is 0 Å². The smallest absolute Gasteiger partial charge is 0.323 e. The fourth-order valence-electron chi connectivity index (χ4n) is 3.75. The van der Waals surface area contributed by atoms with Crippen LogP contribution >= 0.6 is 12.4 Å². The number of nitrogens with one attached hydrogen (secondary N) is 3. The van der Waals surface area contributed by atoms with Gasteiger partial charge in [-0.15, -0.1) is 12.4 Å². The van der Waals surface area contributed by atoms with Crippen LogP contribution in [-0.4, -0.2) is 45.9 Å². The number of aromatic amines is 2. The van der Waals surface area contributed by atoms with Crippen molar-refractivity contribution in [1.82, 2.24) is 14.9 Å². The van der Waals surface area contributed by atoms with Gasteiger partial charge in [-0.3, -0.25) is 9.69 Å². The Balaban J connectivity index is 0.00000225. The molecule has 3 aromatic rings. The van der Waals surface area contributed by atoms with E-state index in [9.17, 15) is 9.59 Å². The predicted molar refractivity (Wildman–Crippen MR) is 113 cm³/mol. The highest BCUT2D eigenvalue weighted by molar-refractivity contribution is 5.96. The largest absolute Gasteiger partial charge is 0.326 e. The Bertz CT molecular complexity index is 1020. The Kier molecular flexibility index (Phi) is 5.88. The third-order valence-corrected chi connectivity index (χ3v) is 5.33. The number of amides is 1. The maximum Gasteiger partial charge on any atom is 0.323 e. The molecule has 7 nitrogen and oxygen atoms in total. The zero-order valence-corrected chi connectivity index (χ0v) is 16.3. The molecule has 1 aliphatic rings. The average molecular weight is 402 g/mol. The van der Waals surface area contributed by atoms with E-state index in [0.717, 1.165) is 6.54 Å². The highest BCUT2D eigenvalue weighted by atomic mass is 35.5. The fraction of sp³-hybridized carbons (Fsp3) is 0.300. The molecular weight excluding hydrogens is 378 g/mol. The lowest BCUT2D eigenvalue weighted by molar-refractivity contribution is -0.120. The summed E-state index contributed by atoms with van der Waals surface area (Å²) in [6, 6.07) is 15.2. The van der Waals surface area contributed by atoms with E-state index in [-0.39, 0.29) is 42.0 Å². The summed E-state index contributed by atoms with van der Waals surface area (Å²) < 4.78 is 0. The van der Waals surface area contributed by atoms with E-state index in [0.29, 0.717) is 23.3 Å². The van der Waals surface area contributed by atoms with E-state index >= 15 is 0 Å². The van der Waals surface area contributed by atoms with Gasteiger partial charge < -0.3 is 21.0 Å². The van der Waals surface area contributed by atoms with Crippen LogP contribution in [0.5, 0.6) is 0 Å². The van der Waals surface area contributed by atoms with Gasteiger partial charge in [0.05, 0.1) is 17.1 Å². The van der Waals surface area contributed by atoms with Crippen molar-refractivity contribution in [1.29, 1.82) is 0 Å². The number of fused-ring (bicyclic) bond motifs is 1. The van der Waals surface area contributed by atoms with Gasteiger partial charge in [-0.1, -0.05) is 30.3 Å². The zero-order valence-electron chi connectivity index (χ0n) is 15.5. The molecule has 0 saturated carbocycles. The van der Waals surface area contributed by atoms with E-state index in [1.54, 1.807) is 18.2 Å². The molecule has 28 heavy (non-hydrogen) atoms. The van der Waals surface area contributed by atoms with Crippen LogP contribution in [0.25, 0.3) is 11.0 Å². The van der Waals surface area contributed by atoms with Crippen LogP contribution in [0.1, 0.15) is 18.4 Å². The van der Waals surface area contributed by atoms with Crippen molar-refractivity contribution in [2.24, 2.45) is 5.73 Å². The summed E-state index contributed by atoms with van der Waals surface area (Å²) in [5.74, 6) is 0.135. The third kappa shape index (κ3) is 3.96. The number of aromatic nitrogens is 2. The number of carbonyl (C=O) groups is 1.